The number of amides is 1. The number of likely N-dealkylation sites (N-methyl/N-ethyl adjacent to an activating group) is 1. The largest absolute Gasteiger partial charge is 0.380 e. The standard InChI is InChI=1S/C12H23NO2/c1-6-15-8-7-13(5)10(14)12(4)9-11(12,2)3/h6-9H2,1-5H3. The van der Waals surface area contributed by atoms with Gasteiger partial charge in [0.1, 0.15) is 0 Å². The first-order valence-corrected chi connectivity index (χ1v) is 5.68. The van der Waals surface area contributed by atoms with Gasteiger partial charge < -0.3 is 9.64 Å². The average Bonchev–Trinajstić information content (AvgIpc) is 2.66. The summed E-state index contributed by atoms with van der Waals surface area (Å²) in [6.07, 6.45) is 0.998. The zero-order valence-corrected chi connectivity index (χ0v) is 10.6. The molecule has 1 atom stereocenters. The van der Waals surface area contributed by atoms with Gasteiger partial charge in [0, 0.05) is 20.2 Å². The van der Waals surface area contributed by atoms with E-state index in [1.807, 2.05) is 14.0 Å². The van der Waals surface area contributed by atoms with Gasteiger partial charge in [0.2, 0.25) is 5.91 Å². The van der Waals surface area contributed by atoms with E-state index in [1.165, 1.54) is 0 Å². The van der Waals surface area contributed by atoms with Gasteiger partial charge in [-0.1, -0.05) is 20.8 Å². The highest BCUT2D eigenvalue weighted by atomic mass is 16.5. The summed E-state index contributed by atoms with van der Waals surface area (Å²) in [5, 5.41) is 0. The highest BCUT2D eigenvalue weighted by Gasteiger charge is 2.63. The van der Waals surface area contributed by atoms with Crippen LogP contribution in [0.2, 0.25) is 0 Å². The van der Waals surface area contributed by atoms with Crippen molar-refractivity contribution >= 4 is 5.91 Å². The SMILES string of the molecule is CCOCCN(C)C(=O)C1(C)CC1(C)C. The summed E-state index contributed by atoms with van der Waals surface area (Å²) in [5.41, 5.74) is 0.0257. The predicted molar refractivity (Wildman–Crippen MR) is 60.6 cm³/mol. The lowest BCUT2D eigenvalue weighted by Crippen LogP contribution is -2.37. The first-order chi connectivity index (χ1) is 6.85. The van der Waals surface area contributed by atoms with Gasteiger partial charge in [-0.3, -0.25) is 4.79 Å². The lowest BCUT2D eigenvalue weighted by Gasteiger charge is -2.23. The Morgan fingerprint density at radius 1 is 1.40 bits per heavy atom. The van der Waals surface area contributed by atoms with Crippen molar-refractivity contribution in [2.24, 2.45) is 10.8 Å². The molecule has 0 aromatic carbocycles. The molecule has 1 rings (SSSR count). The lowest BCUT2D eigenvalue weighted by atomic mass is 9.97. The van der Waals surface area contributed by atoms with Gasteiger partial charge in [0.25, 0.3) is 0 Å². The highest BCUT2D eigenvalue weighted by Crippen LogP contribution is 2.63. The van der Waals surface area contributed by atoms with E-state index in [9.17, 15) is 4.79 Å². The van der Waals surface area contributed by atoms with Crippen molar-refractivity contribution in [3.8, 4) is 0 Å². The van der Waals surface area contributed by atoms with Crippen LogP contribution in [0.5, 0.6) is 0 Å². The fraction of sp³-hybridized carbons (Fsp3) is 0.917. The number of carbonyl (C=O) groups is 1. The van der Waals surface area contributed by atoms with Gasteiger partial charge in [-0.15, -0.1) is 0 Å². The fourth-order valence-electron chi connectivity index (χ4n) is 2.07. The molecular formula is C12H23NO2. The monoisotopic (exact) mass is 213 g/mol. The van der Waals surface area contributed by atoms with Crippen molar-refractivity contribution in [2.75, 3.05) is 26.8 Å². The molecule has 1 unspecified atom stereocenters. The Hall–Kier alpha value is -0.570. The number of hydrogen-bond acceptors (Lipinski definition) is 2. The van der Waals surface area contributed by atoms with Crippen LogP contribution in [-0.2, 0) is 9.53 Å². The Morgan fingerprint density at radius 3 is 2.33 bits per heavy atom. The number of hydrogen-bond donors (Lipinski definition) is 0. The molecule has 0 N–H and O–H groups in total. The summed E-state index contributed by atoms with van der Waals surface area (Å²) in [4.78, 5) is 13.9. The second-order valence-electron chi connectivity index (χ2n) is 5.32. The van der Waals surface area contributed by atoms with Crippen LogP contribution in [0, 0.1) is 10.8 Å². The maximum Gasteiger partial charge on any atom is 0.228 e. The van der Waals surface area contributed by atoms with E-state index in [0.29, 0.717) is 19.8 Å². The fourth-order valence-corrected chi connectivity index (χ4v) is 2.07. The molecule has 0 saturated heterocycles. The highest BCUT2D eigenvalue weighted by molar-refractivity contribution is 5.86. The Labute approximate surface area is 92.8 Å². The molecule has 1 aliphatic rings. The smallest absolute Gasteiger partial charge is 0.228 e. The molecular weight excluding hydrogens is 190 g/mol. The summed E-state index contributed by atoms with van der Waals surface area (Å²) < 4.78 is 5.25. The van der Waals surface area contributed by atoms with E-state index < -0.39 is 0 Å². The van der Waals surface area contributed by atoms with E-state index in [0.717, 1.165) is 6.42 Å². The second-order valence-corrected chi connectivity index (χ2v) is 5.32. The third-order valence-corrected chi connectivity index (χ3v) is 3.76. The van der Waals surface area contributed by atoms with Gasteiger partial charge in [-0.05, 0) is 18.8 Å². The van der Waals surface area contributed by atoms with E-state index in [4.69, 9.17) is 4.74 Å². The maximum atomic E-state index is 12.1. The van der Waals surface area contributed by atoms with Crippen LogP contribution in [0.4, 0.5) is 0 Å². The summed E-state index contributed by atoms with van der Waals surface area (Å²) in [5.74, 6) is 0.257. The molecule has 0 aliphatic heterocycles. The second kappa shape index (κ2) is 4.12. The lowest BCUT2D eigenvalue weighted by molar-refractivity contribution is -0.136. The van der Waals surface area contributed by atoms with Crippen LogP contribution >= 0.6 is 0 Å². The molecule has 3 nitrogen and oxygen atoms in total. The minimum Gasteiger partial charge on any atom is -0.380 e. The molecule has 0 bridgehead atoms. The molecule has 1 fully saturated rings. The third kappa shape index (κ3) is 2.33. The summed E-state index contributed by atoms with van der Waals surface area (Å²) >= 11 is 0. The van der Waals surface area contributed by atoms with Crippen LogP contribution in [0.25, 0.3) is 0 Å². The summed E-state index contributed by atoms with van der Waals surface area (Å²) in [7, 11) is 1.86. The van der Waals surface area contributed by atoms with Crippen molar-refractivity contribution in [2.45, 2.75) is 34.1 Å². The topological polar surface area (TPSA) is 29.5 Å². The van der Waals surface area contributed by atoms with Crippen molar-refractivity contribution in [3.63, 3.8) is 0 Å². The molecule has 0 heterocycles. The van der Waals surface area contributed by atoms with Gasteiger partial charge in [-0.25, -0.2) is 0 Å². The molecule has 1 amide bonds. The first-order valence-electron chi connectivity index (χ1n) is 5.68. The zero-order valence-electron chi connectivity index (χ0n) is 10.6. The third-order valence-electron chi connectivity index (χ3n) is 3.76. The minimum absolute atomic E-state index is 0.145. The predicted octanol–water partition coefficient (Wildman–Crippen LogP) is 1.92. The van der Waals surface area contributed by atoms with Gasteiger partial charge in [-0.2, -0.15) is 0 Å². The number of rotatable bonds is 5. The quantitative estimate of drug-likeness (QED) is 0.653. The van der Waals surface area contributed by atoms with Crippen LogP contribution in [-0.4, -0.2) is 37.6 Å². The molecule has 0 spiro atoms. The van der Waals surface area contributed by atoms with E-state index in [2.05, 4.69) is 20.8 Å². The number of ether oxygens (including phenoxy) is 1. The number of carbonyl (C=O) groups excluding carboxylic acids is 1. The number of nitrogens with zero attached hydrogens (tertiary/aromatic N) is 1. The molecule has 3 heteroatoms. The van der Waals surface area contributed by atoms with Crippen LogP contribution in [0.3, 0.4) is 0 Å². The molecule has 0 aromatic heterocycles. The molecule has 1 aliphatic carbocycles. The zero-order chi connectivity index (χ0) is 11.7. The Bertz CT molecular complexity index is 250. The molecule has 1 saturated carbocycles. The first kappa shape index (κ1) is 12.5. The maximum absolute atomic E-state index is 12.1. The molecule has 0 aromatic rings. The van der Waals surface area contributed by atoms with E-state index >= 15 is 0 Å². The van der Waals surface area contributed by atoms with E-state index in [1.54, 1.807) is 4.90 Å². The van der Waals surface area contributed by atoms with Crippen molar-refractivity contribution < 1.29 is 9.53 Å². The molecule has 88 valence electrons. The van der Waals surface area contributed by atoms with Crippen LogP contribution in [0.15, 0.2) is 0 Å². The average molecular weight is 213 g/mol. The Balaban J connectivity index is 2.41. The van der Waals surface area contributed by atoms with Crippen molar-refractivity contribution in [3.05, 3.63) is 0 Å². The van der Waals surface area contributed by atoms with Crippen molar-refractivity contribution in [1.82, 2.24) is 4.90 Å². The van der Waals surface area contributed by atoms with Gasteiger partial charge in [0.15, 0.2) is 0 Å². The normalized spacial score (nSPS) is 27.5. The molecule has 15 heavy (non-hydrogen) atoms. The molecule has 0 radical (unpaired) electrons. The van der Waals surface area contributed by atoms with E-state index in [-0.39, 0.29) is 16.7 Å². The summed E-state index contributed by atoms with van der Waals surface area (Å²) in [6.45, 7) is 10.4. The Morgan fingerprint density at radius 2 is 1.93 bits per heavy atom. The summed E-state index contributed by atoms with van der Waals surface area (Å²) in [6, 6.07) is 0. The van der Waals surface area contributed by atoms with Crippen LogP contribution < -0.4 is 0 Å². The van der Waals surface area contributed by atoms with Crippen LogP contribution in [0.1, 0.15) is 34.1 Å². The Kier molecular flexibility index (Phi) is 3.44. The minimum atomic E-state index is -0.145. The van der Waals surface area contributed by atoms with Gasteiger partial charge in [0.05, 0.1) is 12.0 Å². The van der Waals surface area contributed by atoms with Gasteiger partial charge >= 0.3 is 0 Å². The van der Waals surface area contributed by atoms with Crippen molar-refractivity contribution in [1.29, 1.82) is 0 Å².